The van der Waals surface area contributed by atoms with E-state index in [9.17, 15) is 4.79 Å². The summed E-state index contributed by atoms with van der Waals surface area (Å²) in [5.74, 6) is -0.141. The Labute approximate surface area is 116 Å². The predicted molar refractivity (Wildman–Crippen MR) is 74.4 cm³/mol. The molecule has 2 aromatic rings. The molecule has 98 valence electrons. The van der Waals surface area contributed by atoms with E-state index in [0.29, 0.717) is 10.8 Å². The first-order valence-electron chi connectivity index (χ1n) is 5.76. The molecule has 0 spiro atoms. The van der Waals surface area contributed by atoms with Crippen molar-refractivity contribution in [1.29, 1.82) is 0 Å². The number of carboxylic acid groups (broad SMARTS) is 1. The Balaban J connectivity index is 2.44. The number of aryl methyl sites for hydroxylation is 1. The normalized spacial score (nSPS) is 10.3. The Morgan fingerprint density at radius 3 is 2.58 bits per heavy atom. The van der Waals surface area contributed by atoms with Crippen LogP contribution in [0.5, 0.6) is 11.5 Å². The molecule has 0 aliphatic rings. The summed E-state index contributed by atoms with van der Waals surface area (Å²) in [5, 5.41) is 9.52. The first-order chi connectivity index (χ1) is 8.99. The summed E-state index contributed by atoms with van der Waals surface area (Å²) < 4.78 is 5.70. The maximum Gasteiger partial charge on any atom is 0.339 e. The second-order valence-corrected chi connectivity index (χ2v) is 4.68. The molecule has 4 heteroatoms. The van der Waals surface area contributed by atoms with Crippen LogP contribution < -0.4 is 4.74 Å². The molecule has 0 amide bonds. The fraction of sp³-hybridized carbons (Fsp3) is 0.133. The quantitative estimate of drug-likeness (QED) is 0.901. The summed E-state index contributed by atoms with van der Waals surface area (Å²) in [6, 6.07) is 10.2. The van der Waals surface area contributed by atoms with Crippen molar-refractivity contribution in [1.82, 2.24) is 0 Å². The number of halogens is 1. The summed E-state index contributed by atoms with van der Waals surface area (Å²) in [4.78, 5) is 11.2. The molecule has 0 atom stereocenters. The van der Waals surface area contributed by atoms with E-state index in [1.807, 2.05) is 32.0 Å². The highest BCUT2D eigenvalue weighted by Gasteiger charge is 2.13. The number of rotatable bonds is 3. The van der Waals surface area contributed by atoms with Crippen LogP contribution in [0.1, 0.15) is 21.5 Å². The minimum absolute atomic E-state index is 0.0495. The number of hydrogen-bond acceptors (Lipinski definition) is 2. The third-order valence-electron chi connectivity index (χ3n) is 2.95. The molecule has 2 aromatic carbocycles. The molecule has 0 radical (unpaired) electrons. The lowest BCUT2D eigenvalue weighted by Gasteiger charge is -2.12. The average molecular weight is 277 g/mol. The monoisotopic (exact) mass is 276 g/mol. The van der Waals surface area contributed by atoms with Gasteiger partial charge in [0.2, 0.25) is 0 Å². The van der Waals surface area contributed by atoms with E-state index in [0.717, 1.165) is 11.1 Å². The van der Waals surface area contributed by atoms with Crippen molar-refractivity contribution in [2.75, 3.05) is 0 Å². The molecule has 0 aliphatic heterocycles. The highest BCUT2D eigenvalue weighted by molar-refractivity contribution is 6.31. The number of aromatic carboxylic acids is 1. The second kappa shape index (κ2) is 5.33. The van der Waals surface area contributed by atoms with Gasteiger partial charge in [0.05, 0.1) is 0 Å². The standard InChI is InChI=1S/C15H13ClO3/c1-9-4-3-5-13(10(9)2)19-14-7-6-11(16)8-12(14)15(17)18/h3-8H,1-2H3,(H,17,18). The van der Waals surface area contributed by atoms with E-state index in [2.05, 4.69) is 0 Å². The molecule has 0 aliphatic carbocycles. The van der Waals surface area contributed by atoms with Gasteiger partial charge in [-0.1, -0.05) is 23.7 Å². The molecular formula is C15H13ClO3. The molecule has 0 saturated heterocycles. The highest BCUT2D eigenvalue weighted by Crippen LogP contribution is 2.30. The lowest BCUT2D eigenvalue weighted by Crippen LogP contribution is -2.00. The number of carboxylic acids is 1. The topological polar surface area (TPSA) is 46.5 Å². The van der Waals surface area contributed by atoms with Crippen LogP contribution in [0.3, 0.4) is 0 Å². The van der Waals surface area contributed by atoms with Gasteiger partial charge in [-0.2, -0.15) is 0 Å². The smallest absolute Gasteiger partial charge is 0.339 e. The Hall–Kier alpha value is -2.00. The zero-order valence-electron chi connectivity index (χ0n) is 10.6. The minimum atomic E-state index is -1.07. The SMILES string of the molecule is Cc1cccc(Oc2ccc(Cl)cc2C(=O)O)c1C. The maximum atomic E-state index is 11.2. The van der Waals surface area contributed by atoms with Gasteiger partial charge in [-0.15, -0.1) is 0 Å². The van der Waals surface area contributed by atoms with Crippen LogP contribution in [0.15, 0.2) is 36.4 Å². The Kier molecular flexibility index (Phi) is 3.76. The fourth-order valence-corrected chi connectivity index (χ4v) is 1.88. The molecule has 0 bridgehead atoms. The zero-order chi connectivity index (χ0) is 14.0. The molecule has 1 N–H and O–H groups in total. The Morgan fingerprint density at radius 2 is 1.89 bits per heavy atom. The third-order valence-corrected chi connectivity index (χ3v) is 3.18. The van der Waals surface area contributed by atoms with Crippen LogP contribution in [0.25, 0.3) is 0 Å². The maximum absolute atomic E-state index is 11.2. The number of carbonyl (C=O) groups is 1. The van der Waals surface area contributed by atoms with Crippen LogP contribution in [0, 0.1) is 13.8 Å². The largest absolute Gasteiger partial charge is 0.478 e. The van der Waals surface area contributed by atoms with Crippen molar-refractivity contribution >= 4 is 17.6 Å². The van der Waals surface area contributed by atoms with Gasteiger partial charge in [-0.25, -0.2) is 4.79 Å². The van der Waals surface area contributed by atoms with Crippen molar-refractivity contribution in [3.63, 3.8) is 0 Å². The van der Waals surface area contributed by atoms with E-state index in [1.54, 1.807) is 12.1 Å². The predicted octanol–water partition coefficient (Wildman–Crippen LogP) is 4.45. The summed E-state index contributed by atoms with van der Waals surface area (Å²) in [5.41, 5.74) is 2.12. The lowest BCUT2D eigenvalue weighted by atomic mass is 10.1. The van der Waals surface area contributed by atoms with Crippen LogP contribution in [-0.4, -0.2) is 11.1 Å². The molecule has 0 unspecified atom stereocenters. The van der Waals surface area contributed by atoms with Crippen LogP contribution in [-0.2, 0) is 0 Å². The molecule has 0 saturated carbocycles. The highest BCUT2D eigenvalue weighted by atomic mass is 35.5. The summed E-state index contributed by atoms with van der Waals surface area (Å²) in [6.45, 7) is 3.91. The van der Waals surface area contributed by atoms with Crippen LogP contribution >= 0.6 is 11.6 Å². The van der Waals surface area contributed by atoms with Gasteiger partial charge in [-0.3, -0.25) is 0 Å². The van der Waals surface area contributed by atoms with Gasteiger partial charge >= 0.3 is 5.97 Å². The molecular weight excluding hydrogens is 264 g/mol. The first-order valence-corrected chi connectivity index (χ1v) is 6.13. The third kappa shape index (κ3) is 2.88. The van der Waals surface area contributed by atoms with Gasteiger partial charge < -0.3 is 9.84 Å². The Morgan fingerprint density at radius 1 is 1.16 bits per heavy atom. The molecule has 0 heterocycles. The second-order valence-electron chi connectivity index (χ2n) is 4.25. The van der Waals surface area contributed by atoms with E-state index < -0.39 is 5.97 Å². The van der Waals surface area contributed by atoms with Gasteiger partial charge in [0.15, 0.2) is 0 Å². The Bertz CT molecular complexity index is 635. The molecule has 0 aromatic heterocycles. The average Bonchev–Trinajstić information content (AvgIpc) is 2.36. The first kappa shape index (κ1) is 13.4. The van der Waals surface area contributed by atoms with Crippen LogP contribution in [0.4, 0.5) is 0 Å². The number of benzene rings is 2. The molecule has 3 nitrogen and oxygen atoms in total. The van der Waals surface area contributed by atoms with Gasteiger partial charge in [0.1, 0.15) is 17.1 Å². The summed E-state index contributed by atoms with van der Waals surface area (Å²) in [7, 11) is 0. The molecule has 2 rings (SSSR count). The zero-order valence-corrected chi connectivity index (χ0v) is 11.4. The van der Waals surface area contributed by atoms with E-state index in [1.165, 1.54) is 6.07 Å². The van der Waals surface area contributed by atoms with Crippen molar-refractivity contribution in [2.24, 2.45) is 0 Å². The number of ether oxygens (including phenoxy) is 1. The van der Waals surface area contributed by atoms with Crippen molar-refractivity contribution in [3.05, 3.63) is 58.1 Å². The van der Waals surface area contributed by atoms with E-state index >= 15 is 0 Å². The van der Waals surface area contributed by atoms with E-state index in [-0.39, 0.29) is 11.3 Å². The molecule has 19 heavy (non-hydrogen) atoms. The lowest BCUT2D eigenvalue weighted by molar-refractivity contribution is 0.0694. The fourth-order valence-electron chi connectivity index (χ4n) is 1.71. The summed E-state index contributed by atoms with van der Waals surface area (Å²) in [6.07, 6.45) is 0. The minimum Gasteiger partial charge on any atom is -0.478 e. The van der Waals surface area contributed by atoms with Crippen molar-refractivity contribution in [2.45, 2.75) is 13.8 Å². The number of hydrogen-bond donors (Lipinski definition) is 1. The summed E-state index contributed by atoms with van der Waals surface area (Å²) >= 11 is 5.80. The van der Waals surface area contributed by atoms with Crippen molar-refractivity contribution < 1.29 is 14.6 Å². The van der Waals surface area contributed by atoms with Crippen molar-refractivity contribution in [3.8, 4) is 11.5 Å². The van der Waals surface area contributed by atoms with Crippen LogP contribution in [0.2, 0.25) is 5.02 Å². The van der Waals surface area contributed by atoms with Gasteiger partial charge in [-0.05, 0) is 49.2 Å². The van der Waals surface area contributed by atoms with Gasteiger partial charge in [0.25, 0.3) is 0 Å². The van der Waals surface area contributed by atoms with Gasteiger partial charge in [0, 0.05) is 5.02 Å². The molecule has 0 fully saturated rings. The van der Waals surface area contributed by atoms with E-state index in [4.69, 9.17) is 21.4 Å².